The number of nitrogens with zero attached hydrogens (tertiary/aromatic N) is 2. The Morgan fingerprint density at radius 2 is 1.41 bits per heavy atom. The molecule has 5 aromatic carbocycles. The van der Waals surface area contributed by atoms with Gasteiger partial charge in [0.25, 0.3) is 0 Å². The van der Waals surface area contributed by atoms with Gasteiger partial charge in [0.1, 0.15) is 0 Å². The lowest BCUT2D eigenvalue weighted by Crippen LogP contribution is -2.55. The maximum absolute atomic E-state index is 2.73. The monoisotopic (exact) mass is 496 g/mol. The van der Waals surface area contributed by atoms with E-state index in [1.807, 2.05) is 0 Å². The Bertz CT molecular complexity index is 2280. The molecule has 2 aliphatic heterocycles. The van der Waals surface area contributed by atoms with E-state index >= 15 is 0 Å². The highest BCUT2D eigenvalue weighted by Gasteiger charge is 2.47. The van der Waals surface area contributed by atoms with Crippen molar-refractivity contribution < 1.29 is 0 Å². The zero-order valence-electron chi connectivity index (χ0n) is 22.2. The molecule has 0 fully saturated rings. The zero-order chi connectivity index (χ0) is 25.8. The highest BCUT2D eigenvalue weighted by molar-refractivity contribution is 6.89. The van der Waals surface area contributed by atoms with Gasteiger partial charge in [-0.15, -0.1) is 0 Å². The first-order valence-corrected chi connectivity index (χ1v) is 14.0. The van der Waals surface area contributed by atoms with Crippen LogP contribution >= 0.6 is 0 Å². The van der Waals surface area contributed by atoms with Crippen LogP contribution in [0.15, 0.2) is 97.1 Å². The molecule has 2 nitrogen and oxygen atoms in total. The summed E-state index contributed by atoms with van der Waals surface area (Å²) in [5.74, 6) is 0. The fraction of sp³-hybridized carbons (Fsp3) is 0.111. The molecule has 4 heterocycles. The molecule has 0 N–H and O–H groups in total. The highest BCUT2D eigenvalue weighted by atomic mass is 15.0. The topological polar surface area (TPSA) is 9.86 Å². The van der Waals surface area contributed by atoms with Gasteiger partial charge in [-0.1, -0.05) is 98.8 Å². The van der Waals surface area contributed by atoms with Crippen molar-refractivity contribution in [2.45, 2.75) is 26.2 Å². The number of rotatable bonds is 0. The number of aromatic nitrogens is 2. The van der Waals surface area contributed by atoms with Crippen molar-refractivity contribution in [3.05, 3.63) is 114 Å². The van der Waals surface area contributed by atoms with Crippen LogP contribution in [-0.4, -0.2) is 15.9 Å². The van der Waals surface area contributed by atoms with Crippen molar-refractivity contribution in [3.8, 4) is 28.1 Å². The molecule has 7 aromatic rings. The first-order valence-electron chi connectivity index (χ1n) is 14.0. The summed E-state index contributed by atoms with van der Waals surface area (Å²) in [4.78, 5) is 0. The zero-order valence-corrected chi connectivity index (χ0v) is 22.2. The Labute approximate surface area is 227 Å². The van der Waals surface area contributed by atoms with Crippen molar-refractivity contribution in [1.82, 2.24) is 9.05 Å². The Hall–Kier alpha value is -4.50. The minimum atomic E-state index is -0.0567. The number of aryl methyl sites for hydroxylation is 1. The number of para-hydroxylation sites is 3. The number of benzene rings is 5. The van der Waals surface area contributed by atoms with Crippen molar-refractivity contribution in [1.29, 1.82) is 0 Å². The summed E-state index contributed by atoms with van der Waals surface area (Å²) in [6.45, 7) is 7.20. The van der Waals surface area contributed by atoms with Crippen LogP contribution in [0, 0.1) is 6.92 Å². The number of hydrogen-bond donors (Lipinski definition) is 0. The molecule has 2 aromatic heterocycles. The predicted molar refractivity (Wildman–Crippen MR) is 164 cm³/mol. The largest absolute Gasteiger partial charge is 0.375 e. The van der Waals surface area contributed by atoms with Crippen LogP contribution in [0.25, 0.3) is 60.8 Å². The van der Waals surface area contributed by atoms with Crippen LogP contribution < -0.4 is 10.9 Å². The quantitative estimate of drug-likeness (QED) is 0.195. The van der Waals surface area contributed by atoms with Gasteiger partial charge in [-0.05, 0) is 52.2 Å². The lowest BCUT2D eigenvalue weighted by Gasteiger charge is -2.35. The van der Waals surface area contributed by atoms with Crippen LogP contribution in [0.1, 0.15) is 30.5 Å². The van der Waals surface area contributed by atoms with Gasteiger partial charge in [-0.2, -0.15) is 0 Å². The van der Waals surface area contributed by atoms with Gasteiger partial charge < -0.3 is 9.05 Å². The fourth-order valence-corrected chi connectivity index (χ4v) is 8.52. The van der Waals surface area contributed by atoms with Crippen molar-refractivity contribution >= 4 is 50.5 Å². The average Bonchev–Trinajstić information content (AvgIpc) is 3.56. The van der Waals surface area contributed by atoms with E-state index in [2.05, 4.69) is 127 Å². The van der Waals surface area contributed by atoms with Crippen LogP contribution in [0.5, 0.6) is 0 Å². The van der Waals surface area contributed by atoms with Crippen molar-refractivity contribution in [2.24, 2.45) is 0 Å². The third-order valence-electron chi connectivity index (χ3n) is 9.89. The standard InChI is InChI=1S/C36H25BN2/c1-20-18-26-23-12-8-14-25-31-35(24-11-4-6-15-27(24)36(31,2)3)39(33(23)25)37-28-16-9-13-22-21-10-5-7-17-29(21)38(34(22)28)30(19-20)32(26)37/h4-19H,1-3H3. The van der Waals surface area contributed by atoms with Gasteiger partial charge in [0.2, 0.25) is 0 Å². The summed E-state index contributed by atoms with van der Waals surface area (Å²) < 4.78 is 5.28. The first-order chi connectivity index (χ1) is 19.1. The molecular formula is C36H25BN2. The average molecular weight is 496 g/mol. The molecule has 0 atom stereocenters. The van der Waals surface area contributed by atoms with E-state index < -0.39 is 0 Å². The van der Waals surface area contributed by atoms with E-state index in [4.69, 9.17) is 0 Å². The summed E-state index contributed by atoms with van der Waals surface area (Å²) in [6, 6.07) is 36.8. The van der Waals surface area contributed by atoms with Crippen LogP contribution in [0.2, 0.25) is 0 Å². The fourth-order valence-electron chi connectivity index (χ4n) is 8.52. The lowest BCUT2D eigenvalue weighted by atomic mass is 9.45. The van der Waals surface area contributed by atoms with E-state index in [-0.39, 0.29) is 12.3 Å². The minimum absolute atomic E-state index is 0.0567. The highest BCUT2D eigenvalue weighted by Crippen LogP contribution is 2.55. The third-order valence-corrected chi connectivity index (χ3v) is 9.89. The third kappa shape index (κ3) is 2.11. The van der Waals surface area contributed by atoms with Crippen LogP contribution in [0.4, 0.5) is 0 Å². The summed E-state index contributed by atoms with van der Waals surface area (Å²) in [5.41, 5.74) is 17.9. The summed E-state index contributed by atoms with van der Waals surface area (Å²) >= 11 is 0. The van der Waals surface area contributed by atoms with E-state index in [1.165, 1.54) is 88.4 Å². The smallest absolute Gasteiger partial charge is 0.333 e. The van der Waals surface area contributed by atoms with Crippen LogP contribution in [0.3, 0.4) is 0 Å². The molecule has 3 aliphatic rings. The molecule has 0 saturated carbocycles. The second-order valence-corrected chi connectivity index (χ2v) is 12.2. The summed E-state index contributed by atoms with van der Waals surface area (Å²) in [6.07, 6.45) is 0. The lowest BCUT2D eigenvalue weighted by molar-refractivity contribution is 0.666. The van der Waals surface area contributed by atoms with E-state index in [9.17, 15) is 0 Å². The molecule has 3 heteroatoms. The summed E-state index contributed by atoms with van der Waals surface area (Å²) in [7, 11) is 0. The molecule has 0 unspecified atom stereocenters. The SMILES string of the molecule is Cc1cc2c3c(c1)-n1c4ccccc4c4cccc(c41)B3n1c3c(c4cccc-2c41)C(C)(C)c1ccccc1-3. The molecule has 0 radical (unpaired) electrons. The Morgan fingerprint density at radius 1 is 0.667 bits per heavy atom. The number of hydrogen-bond acceptors (Lipinski definition) is 0. The minimum Gasteiger partial charge on any atom is -0.375 e. The van der Waals surface area contributed by atoms with E-state index in [1.54, 1.807) is 0 Å². The van der Waals surface area contributed by atoms with E-state index in [0.29, 0.717) is 0 Å². The number of fused-ring (bicyclic) bond motifs is 12. The van der Waals surface area contributed by atoms with Crippen molar-refractivity contribution in [2.75, 3.05) is 0 Å². The second-order valence-electron chi connectivity index (χ2n) is 12.2. The normalized spacial score (nSPS) is 15.2. The molecule has 0 bridgehead atoms. The van der Waals surface area contributed by atoms with Gasteiger partial charge in [-0.25, -0.2) is 0 Å². The Morgan fingerprint density at radius 3 is 2.33 bits per heavy atom. The maximum atomic E-state index is 2.73. The van der Waals surface area contributed by atoms with Gasteiger partial charge in [0.15, 0.2) is 0 Å². The molecule has 0 saturated heterocycles. The molecule has 182 valence electrons. The molecule has 39 heavy (non-hydrogen) atoms. The van der Waals surface area contributed by atoms with Gasteiger partial charge in [-0.3, -0.25) is 0 Å². The molecule has 1 aliphatic carbocycles. The second kappa shape index (κ2) is 6.38. The van der Waals surface area contributed by atoms with Gasteiger partial charge >= 0.3 is 6.85 Å². The van der Waals surface area contributed by atoms with Gasteiger partial charge in [0, 0.05) is 49.6 Å². The predicted octanol–water partition coefficient (Wildman–Crippen LogP) is 7.30. The Balaban J connectivity index is 1.49. The molecule has 0 spiro atoms. The molecule has 10 rings (SSSR count). The maximum Gasteiger partial charge on any atom is 0.333 e. The molecular weight excluding hydrogens is 471 g/mol. The van der Waals surface area contributed by atoms with Crippen molar-refractivity contribution in [3.63, 3.8) is 0 Å². The van der Waals surface area contributed by atoms with E-state index in [0.717, 1.165) is 0 Å². The summed E-state index contributed by atoms with van der Waals surface area (Å²) in [5, 5.41) is 4.07. The molecule has 0 amide bonds. The van der Waals surface area contributed by atoms with Gasteiger partial charge in [0.05, 0.1) is 11.0 Å². The first kappa shape index (κ1) is 20.5. The Kier molecular flexibility index (Phi) is 3.35. The van der Waals surface area contributed by atoms with Crippen LogP contribution in [-0.2, 0) is 5.41 Å².